The van der Waals surface area contributed by atoms with Gasteiger partial charge in [0.2, 0.25) is 0 Å². The molecule has 0 saturated carbocycles. The summed E-state index contributed by atoms with van der Waals surface area (Å²) >= 11 is 0. The quantitative estimate of drug-likeness (QED) is 0.423. The fourth-order valence-corrected chi connectivity index (χ4v) is 0. The molecule has 0 heterocycles. The monoisotopic (exact) mass is 376 g/mol. The number of unbranched alkanes of at least 4 members (excludes halogenated alkanes) is 2. The fraction of sp³-hybridized carbons (Fsp3) is 1.00. The van der Waals surface area contributed by atoms with Crippen LogP contribution in [-0.2, 0) is 40.3 Å². The maximum atomic E-state index is 8.74. The average Bonchev–Trinajstić information content (AvgIpc) is 2.12. The van der Waals surface area contributed by atoms with Crippen molar-refractivity contribution in [3.63, 3.8) is 0 Å². The van der Waals surface area contributed by atoms with Crippen LogP contribution in [0.5, 0.6) is 0 Å². The van der Waals surface area contributed by atoms with E-state index in [4.69, 9.17) is 35.0 Å². The largest absolute Gasteiger partial charge is 0.394 e. The van der Waals surface area contributed by atoms with Gasteiger partial charge in [-0.15, -0.1) is 0 Å². The zero-order chi connectivity index (χ0) is 15.8. The van der Waals surface area contributed by atoms with E-state index in [1.54, 1.807) is 0 Å². The van der Waals surface area contributed by atoms with Crippen LogP contribution in [0.3, 0.4) is 0 Å². The summed E-state index contributed by atoms with van der Waals surface area (Å²) in [5.74, 6) is 0. The van der Waals surface area contributed by atoms with Crippen LogP contribution in [0, 0.1) is 0 Å². The van der Waals surface area contributed by atoms with Crippen LogP contribution in [0.25, 0.3) is 0 Å². The second-order valence-electron chi connectivity index (χ2n) is 2.90. The maximum Gasteiger partial charge on any atom is 0.394 e. The topological polar surface area (TPSA) is 149 Å². The van der Waals surface area contributed by atoms with Gasteiger partial charge in [0.1, 0.15) is 0 Å². The third kappa shape index (κ3) is 880. The van der Waals surface area contributed by atoms with Gasteiger partial charge in [-0.1, -0.05) is 53.4 Å². The van der Waals surface area contributed by atoms with Crippen molar-refractivity contribution in [2.75, 3.05) is 0 Å². The van der Waals surface area contributed by atoms with Gasteiger partial charge in [0.25, 0.3) is 0 Å². The number of hydrogen-bond acceptors (Lipinski definition) is 4. The molecule has 0 rings (SSSR count). The molecular formula is C8H24O8S2Zn. The first-order valence-corrected chi connectivity index (χ1v) is 8.02. The molecule has 0 radical (unpaired) electrons. The van der Waals surface area contributed by atoms with E-state index in [0.717, 1.165) is 0 Å². The minimum atomic E-state index is -4.67. The standard InChI is InChI=1S/2C4H10.2H2O4S.Zn/c2*1-3-4-2;2*1-5(2,3)4;/h2*3-4H2,1-2H3;2*(H2,1,2,3,4);. The molecule has 0 aliphatic carbocycles. The van der Waals surface area contributed by atoms with E-state index in [1.165, 1.54) is 25.7 Å². The molecule has 0 aromatic carbocycles. The van der Waals surface area contributed by atoms with Crippen LogP contribution in [0.2, 0.25) is 0 Å². The first-order valence-electron chi connectivity index (χ1n) is 5.23. The summed E-state index contributed by atoms with van der Waals surface area (Å²) in [5, 5.41) is 0. The van der Waals surface area contributed by atoms with E-state index in [0.29, 0.717) is 0 Å². The molecule has 0 bridgehead atoms. The molecule has 4 N–H and O–H groups in total. The Kier molecular flexibility index (Phi) is 34.4. The maximum absolute atomic E-state index is 8.74. The van der Waals surface area contributed by atoms with Crippen molar-refractivity contribution in [1.82, 2.24) is 0 Å². The third-order valence-corrected chi connectivity index (χ3v) is 1.000. The summed E-state index contributed by atoms with van der Waals surface area (Å²) in [4.78, 5) is 0. The van der Waals surface area contributed by atoms with Gasteiger partial charge in [-0.05, 0) is 0 Å². The molecule has 0 aliphatic heterocycles. The predicted octanol–water partition coefficient (Wildman–Crippen LogP) is 2.30. The molecule has 19 heavy (non-hydrogen) atoms. The van der Waals surface area contributed by atoms with Gasteiger partial charge in [0.05, 0.1) is 0 Å². The summed E-state index contributed by atoms with van der Waals surface area (Å²) in [6.45, 7) is 8.72. The molecule has 0 aromatic heterocycles. The molecular weight excluding hydrogens is 354 g/mol. The van der Waals surface area contributed by atoms with Gasteiger partial charge < -0.3 is 0 Å². The van der Waals surface area contributed by atoms with E-state index in [9.17, 15) is 0 Å². The molecule has 0 unspecified atom stereocenters. The van der Waals surface area contributed by atoms with Gasteiger partial charge in [-0.2, -0.15) is 16.8 Å². The van der Waals surface area contributed by atoms with Gasteiger partial charge in [0.15, 0.2) is 0 Å². The zero-order valence-electron chi connectivity index (χ0n) is 11.8. The molecule has 8 nitrogen and oxygen atoms in total. The second kappa shape index (κ2) is 20.7. The Bertz CT molecular complexity index is 271. The molecule has 0 fully saturated rings. The van der Waals surface area contributed by atoms with Crippen molar-refractivity contribution in [2.24, 2.45) is 0 Å². The summed E-state index contributed by atoms with van der Waals surface area (Å²) in [7, 11) is -9.33. The molecule has 118 valence electrons. The van der Waals surface area contributed by atoms with Crippen LogP contribution >= 0.6 is 0 Å². The first-order chi connectivity index (χ1) is 7.83. The molecule has 0 amide bonds. The van der Waals surface area contributed by atoms with Crippen molar-refractivity contribution in [1.29, 1.82) is 0 Å². The minimum absolute atomic E-state index is 0. The van der Waals surface area contributed by atoms with Crippen molar-refractivity contribution < 1.29 is 54.5 Å². The van der Waals surface area contributed by atoms with E-state index < -0.39 is 20.8 Å². The van der Waals surface area contributed by atoms with E-state index in [-0.39, 0.29) is 19.5 Å². The molecule has 0 saturated heterocycles. The summed E-state index contributed by atoms with van der Waals surface area (Å²) < 4.78 is 63.2. The SMILES string of the molecule is CCCC.CCCC.O=S(=O)(O)O.O=S(=O)(O)O.[Zn]. The Labute approximate surface area is 128 Å². The number of hydrogen-bond donors (Lipinski definition) is 4. The van der Waals surface area contributed by atoms with Crippen molar-refractivity contribution in [3.8, 4) is 0 Å². The Morgan fingerprint density at radius 3 is 0.632 bits per heavy atom. The van der Waals surface area contributed by atoms with E-state index in [1.807, 2.05) is 0 Å². The summed E-state index contributed by atoms with van der Waals surface area (Å²) in [5.41, 5.74) is 0. The van der Waals surface area contributed by atoms with Gasteiger partial charge in [0, 0.05) is 19.5 Å². The van der Waals surface area contributed by atoms with E-state index >= 15 is 0 Å². The molecule has 0 spiro atoms. The van der Waals surface area contributed by atoms with Crippen molar-refractivity contribution in [2.45, 2.75) is 53.4 Å². The Morgan fingerprint density at radius 1 is 0.579 bits per heavy atom. The van der Waals surface area contributed by atoms with Crippen LogP contribution < -0.4 is 0 Å². The Hall–Kier alpha value is 0.363. The van der Waals surface area contributed by atoms with Gasteiger partial charge in [-0.3, -0.25) is 18.2 Å². The number of rotatable bonds is 2. The molecule has 0 aromatic rings. The van der Waals surface area contributed by atoms with Crippen molar-refractivity contribution >= 4 is 20.8 Å². The average molecular weight is 378 g/mol. The van der Waals surface area contributed by atoms with Gasteiger partial charge in [-0.25, -0.2) is 0 Å². The van der Waals surface area contributed by atoms with E-state index in [2.05, 4.69) is 27.7 Å². The predicted molar refractivity (Wildman–Crippen MR) is 69.5 cm³/mol. The van der Waals surface area contributed by atoms with Crippen LogP contribution in [0.15, 0.2) is 0 Å². The Morgan fingerprint density at radius 2 is 0.632 bits per heavy atom. The van der Waals surface area contributed by atoms with Crippen molar-refractivity contribution in [3.05, 3.63) is 0 Å². The summed E-state index contributed by atoms with van der Waals surface area (Å²) in [6.07, 6.45) is 5.28. The summed E-state index contributed by atoms with van der Waals surface area (Å²) in [6, 6.07) is 0. The first kappa shape index (κ1) is 31.6. The minimum Gasteiger partial charge on any atom is -0.264 e. The molecule has 0 atom stereocenters. The zero-order valence-corrected chi connectivity index (χ0v) is 16.4. The second-order valence-corrected chi connectivity index (χ2v) is 4.69. The van der Waals surface area contributed by atoms with Crippen LogP contribution in [0.4, 0.5) is 0 Å². The van der Waals surface area contributed by atoms with Crippen LogP contribution in [0.1, 0.15) is 53.4 Å². The molecule has 0 aliphatic rings. The Balaban J connectivity index is -0.0000000453. The normalized spacial score (nSPS) is 9.26. The van der Waals surface area contributed by atoms with Crippen LogP contribution in [-0.4, -0.2) is 35.0 Å². The van der Waals surface area contributed by atoms with Gasteiger partial charge >= 0.3 is 20.8 Å². The molecule has 11 heteroatoms. The smallest absolute Gasteiger partial charge is 0.264 e. The third-order valence-electron chi connectivity index (χ3n) is 1.000. The fourth-order valence-electron chi connectivity index (χ4n) is 0.